The topological polar surface area (TPSA) is 49.6 Å². The molecule has 0 aliphatic heterocycles. The molecular weight excluding hydrogens is 226 g/mol. The molecule has 0 unspecified atom stereocenters. The lowest BCUT2D eigenvalue weighted by atomic mass is 9.80. The van der Waals surface area contributed by atoms with Crippen molar-refractivity contribution in [3.8, 4) is 0 Å². The van der Waals surface area contributed by atoms with Crippen LogP contribution in [0.15, 0.2) is 24.5 Å². The summed E-state index contributed by atoms with van der Waals surface area (Å²) in [5.74, 6) is 0. The minimum atomic E-state index is -0.461. The van der Waals surface area contributed by atoms with E-state index in [1.807, 2.05) is 12.4 Å². The van der Waals surface area contributed by atoms with Gasteiger partial charge in [0.1, 0.15) is 5.65 Å². The van der Waals surface area contributed by atoms with Crippen molar-refractivity contribution in [1.82, 2.24) is 14.7 Å². The second-order valence-electron chi connectivity index (χ2n) is 5.36. The molecule has 4 nitrogen and oxygen atoms in total. The van der Waals surface area contributed by atoms with Crippen LogP contribution < -0.4 is 5.32 Å². The molecule has 2 heterocycles. The number of aliphatic hydroxyl groups is 1. The molecule has 2 aromatic heterocycles. The fraction of sp³-hybridized carbons (Fsp3) is 0.500. The van der Waals surface area contributed by atoms with Crippen molar-refractivity contribution in [2.45, 2.75) is 38.3 Å². The Morgan fingerprint density at radius 2 is 2.33 bits per heavy atom. The van der Waals surface area contributed by atoms with Crippen LogP contribution in [0.2, 0.25) is 0 Å². The average Bonchev–Trinajstić information content (AvgIpc) is 2.69. The van der Waals surface area contributed by atoms with E-state index in [1.165, 1.54) is 5.56 Å². The van der Waals surface area contributed by atoms with E-state index in [0.29, 0.717) is 6.54 Å². The highest BCUT2D eigenvalue weighted by Crippen LogP contribution is 2.30. The molecule has 2 N–H and O–H groups in total. The van der Waals surface area contributed by atoms with Crippen LogP contribution in [0.25, 0.3) is 5.65 Å². The Hall–Kier alpha value is -1.39. The Morgan fingerprint density at radius 1 is 1.50 bits per heavy atom. The smallest absolute Gasteiger partial charge is 0.137 e. The summed E-state index contributed by atoms with van der Waals surface area (Å²) in [6, 6.07) is 4.15. The molecular formula is C14H19N3O. The van der Waals surface area contributed by atoms with Gasteiger partial charge in [-0.2, -0.15) is 0 Å². The van der Waals surface area contributed by atoms with Crippen molar-refractivity contribution in [2.24, 2.45) is 0 Å². The third kappa shape index (κ3) is 2.13. The number of aromatic nitrogens is 2. The van der Waals surface area contributed by atoms with E-state index in [-0.39, 0.29) is 0 Å². The van der Waals surface area contributed by atoms with Gasteiger partial charge in [0.25, 0.3) is 0 Å². The second-order valence-corrected chi connectivity index (χ2v) is 5.36. The van der Waals surface area contributed by atoms with Gasteiger partial charge in [0.2, 0.25) is 0 Å². The highest BCUT2D eigenvalue weighted by Gasteiger charge is 2.33. The quantitative estimate of drug-likeness (QED) is 0.861. The largest absolute Gasteiger partial charge is 0.389 e. The first kappa shape index (κ1) is 11.7. The third-order valence-electron chi connectivity index (χ3n) is 3.79. The van der Waals surface area contributed by atoms with Crippen LogP contribution in [-0.4, -0.2) is 26.6 Å². The van der Waals surface area contributed by atoms with Crippen LogP contribution in [-0.2, 0) is 6.54 Å². The molecule has 0 bridgehead atoms. The number of aryl methyl sites for hydroxylation is 1. The van der Waals surface area contributed by atoms with Gasteiger partial charge >= 0.3 is 0 Å². The summed E-state index contributed by atoms with van der Waals surface area (Å²) in [5.41, 5.74) is 2.87. The van der Waals surface area contributed by atoms with Gasteiger partial charge in [-0.3, -0.25) is 0 Å². The fourth-order valence-corrected chi connectivity index (χ4v) is 2.45. The van der Waals surface area contributed by atoms with Gasteiger partial charge in [-0.05, 0) is 43.9 Å². The fourth-order valence-electron chi connectivity index (χ4n) is 2.45. The predicted octanol–water partition coefficient (Wildman–Crippen LogP) is 1.65. The predicted molar refractivity (Wildman–Crippen MR) is 70.4 cm³/mol. The molecule has 0 aromatic carbocycles. The first-order valence-electron chi connectivity index (χ1n) is 6.52. The number of pyridine rings is 1. The maximum Gasteiger partial charge on any atom is 0.137 e. The molecule has 0 atom stereocenters. The Morgan fingerprint density at radius 3 is 3.06 bits per heavy atom. The van der Waals surface area contributed by atoms with Gasteiger partial charge in [-0.15, -0.1) is 0 Å². The maximum absolute atomic E-state index is 10.0. The Kier molecular flexibility index (Phi) is 2.84. The van der Waals surface area contributed by atoms with E-state index in [9.17, 15) is 5.11 Å². The molecule has 96 valence electrons. The number of hydrogen-bond acceptors (Lipinski definition) is 3. The second kappa shape index (κ2) is 4.37. The normalized spacial score (nSPS) is 17.9. The van der Waals surface area contributed by atoms with Crippen molar-refractivity contribution < 1.29 is 5.11 Å². The van der Waals surface area contributed by atoms with Crippen LogP contribution in [0.5, 0.6) is 0 Å². The van der Waals surface area contributed by atoms with E-state index < -0.39 is 5.60 Å². The van der Waals surface area contributed by atoms with Gasteiger partial charge in [-0.1, -0.05) is 0 Å². The first-order valence-corrected chi connectivity index (χ1v) is 6.52. The van der Waals surface area contributed by atoms with Crippen molar-refractivity contribution in [3.05, 3.63) is 35.8 Å². The summed E-state index contributed by atoms with van der Waals surface area (Å²) in [6.07, 6.45) is 6.94. The SMILES string of the molecule is Cc1ccn2c(CNCC3(O)CCC3)cnc2c1. The number of nitrogens with zero attached hydrogens (tertiary/aromatic N) is 2. The molecule has 0 amide bonds. The molecule has 0 radical (unpaired) electrons. The van der Waals surface area contributed by atoms with Crippen molar-refractivity contribution in [2.75, 3.05) is 6.54 Å². The van der Waals surface area contributed by atoms with E-state index in [1.54, 1.807) is 0 Å². The summed E-state index contributed by atoms with van der Waals surface area (Å²) in [7, 11) is 0. The molecule has 1 saturated carbocycles. The van der Waals surface area contributed by atoms with Gasteiger partial charge in [0.15, 0.2) is 0 Å². The summed E-state index contributed by atoms with van der Waals surface area (Å²) in [4.78, 5) is 4.39. The lowest BCUT2D eigenvalue weighted by Gasteiger charge is -2.36. The van der Waals surface area contributed by atoms with E-state index >= 15 is 0 Å². The number of fused-ring (bicyclic) bond motifs is 1. The van der Waals surface area contributed by atoms with Crippen LogP contribution in [0.4, 0.5) is 0 Å². The van der Waals surface area contributed by atoms with Gasteiger partial charge in [0, 0.05) is 19.3 Å². The minimum Gasteiger partial charge on any atom is -0.389 e. The molecule has 18 heavy (non-hydrogen) atoms. The molecule has 3 rings (SSSR count). The molecule has 1 aliphatic rings. The van der Waals surface area contributed by atoms with Gasteiger partial charge < -0.3 is 14.8 Å². The zero-order valence-corrected chi connectivity index (χ0v) is 10.7. The Labute approximate surface area is 107 Å². The zero-order valence-electron chi connectivity index (χ0n) is 10.7. The van der Waals surface area contributed by atoms with Crippen LogP contribution in [0.1, 0.15) is 30.5 Å². The summed E-state index contributed by atoms with van der Waals surface area (Å²) >= 11 is 0. The molecule has 1 fully saturated rings. The molecule has 1 aliphatic carbocycles. The Bertz CT molecular complexity index is 557. The number of rotatable bonds is 4. The highest BCUT2D eigenvalue weighted by molar-refractivity contribution is 5.42. The average molecular weight is 245 g/mol. The number of imidazole rings is 1. The van der Waals surface area contributed by atoms with Crippen LogP contribution in [0.3, 0.4) is 0 Å². The standard InChI is InChI=1S/C14H19N3O/c1-11-3-6-17-12(9-16-13(17)7-11)8-15-10-14(18)4-2-5-14/h3,6-7,9,15,18H,2,4-5,8,10H2,1H3. The molecule has 0 saturated heterocycles. The van der Waals surface area contributed by atoms with Gasteiger partial charge in [0.05, 0.1) is 17.5 Å². The first-order chi connectivity index (χ1) is 8.66. The van der Waals surface area contributed by atoms with Gasteiger partial charge in [-0.25, -0.2) is 4.98 Å². The Balaban J connectivity index is 1.67. The summed E-state index contributed by atoms with van der Waals surface area (Å²) in [5, 5.41) is 13.3. The molecule has 4 heteroatoms. The van der Waals surface area contributed by atoms with Crippen molar-refractivity contribution >= 4 is 5.65 Å². The maximum atomic E-state index is 10.0. The number of hydrogen-bond donors (Lipinski definition) is 2. The van der Waals surface area contributed by atoms with E-state index in [2.05, 4.69) is 33.8 Å². The monoisotopic (exact) mass is 245 g/mol. The molecule has 0 spiro atoms. The van der Waals surface area contributed by atoms with Crippen LogP contribution >= 0.6 is 0 Å². The third-order valence-corrected chi connectivity index (χ3v) is 3.79. The van der Waals surface area contributed by atoms with Crippen molar-refractivity contribution in [1.29, 1.82) is 0 Å². The van der Waals surface area contributed by atoms with E-state index in [4.69, 9.17) is 0 Å². The van der Waals surface area contributed by atoms with Crippen LogP contribution in [0, 0.1) is 6.92 Å². The number of nitrogens with one attached hydrogen (secondary N) is 1. The summed E-state index contributed by atoms with van der Waals surface area (Å²) in [6.45, 7) is 3.48. The zero-order chi connectivity index (χ0) is 12.6. The highest BCUT2D eigenvalue weighted by atomic mass is 16.3. The molecule has 2 aromatic rings. The summed E-state index contributed by atoms with van der Waals surface area (Å²) < 4.78 is 2.09. The van der Waals surface area contributed by atoms with E-state index in [0.717, 1.165) is 37.1 Å². The lowest BCUT2D eigenvalue weighted by molar-refractivity contribution is -0.0315. The minimum absolute atomic E-state index is 0.461. The lowest BCUT2D eigenvalue weighted by Crippen LogP contribution is -2.46. The van der Waals surface area contributed by atoms with Crippen molar-refractivity contribution in [3.63, 3.8) is 0 Å².